The molecule has 0 aliphatic heterocycles. The Kier molecular flexibility index (Phi) is 4.47. The van der Waals surface area contributed by atoms with Crippen LogP contribution in [0.25, 0.3) is 0 Å². The summed E-state index contributed by atoms with van der Waals surface area (Å²) < 4.78 is 0. The topological polar surface area (TPSA) is 109 Å². The quantitative estimate of drug-likeness (QED) is 0.603. The van der Waals surface area contributed by atoms with Crippen molar-refractivity contribution in [1.82, 2.24) is 5.32 Å². The number of carboxylic acids is 1. The van der Waals surface area contributed by atoms with Gasteiger partial charge in [-0.3, -0.25) is 14.4 Å². The summed E-state index contributed by atoms with van der Waals surface area (Å²) in [5, 5.41) is 11.2. The molecule has 16 heavy (non-hydrogen) atoms. The van der Waals surface area contributed by atoms with Gasteiger partial charge in [0.25, 0.3) is 0 Å². The van der Waals surface area contributed by atoms with Gasteiger partial charge in [0, 0.05) is 5.92 Å². The zero-order valence-electron chi connectivity index (χ0n) is 9.90. The number of carboxylic acid groups (broad SMARTS) is 1. The van der Waals surface area contributed by atoms with Gasteiger partial charge >= 0.3 is 5.97 Å². The first-order chi connectivity index (χ1) is 7.09. The van der Waals surface area contributed by atoms with Crippen LogP contribution in [-0.2, 0) is 14.4 Å². The minimum atomic E-state index is -1.18. The number of primary amides is 1. The van der Waals surface area contributed by atoms with Gasteiger partial charge in [-0.15, -0.1) is 0 Å². The van der Waals surface area contributed by atoms with E-state index >= 15 is 0 Å². The van der Waals surface area contributed by atoms with Crippen LogP contribution in [0.15, 0.2) is 0 Å². The van der Waals surface area contributed by atoms with Gasteiger partial charge in [0.1, 0.15) is 5.54 Å². The minimum absolute atomic E-state index is 0.501. The molecule has 0 aromatic carbocycles. The molecule has 6 nitrogen and oxygen atoms in total. The van der Waals surface area contributed by atoms with Crippen molar-refractivity contribution in [3.8, 4) is 0 Å². The maximum Gasteiger partial charge on any atom is 0.307 e. The number of nitrogens with two attached hydrogens (primary N) is 1. The third-order valence-electron chi connectivity index (χ3n) is 2.60. The number of amides is 2. The average molecular weight is 230 g/mol. The zero-order chi connectivity index (χ0) is 13.1. The van der Waals surface area contributed by atoms with Crippen LogP contribution in [0, 0.1) is 11.8 Å². The van der Waals surface area contributed by atoms with Gasteiger partial charge in [-0.1, -0.05) is 13.8 Å². The van der Waals surface area contributed by atoms with E-state index in [4.69, 9.17) is 10.8 Å². The minimum Gasteiger partial charge on any atom is -0.481 e. The second-order valence-electron chi connectivity index (χ2n) is 4.39. The van der Waals surface area contributed by atoms with E-state index in [0.717, 1.165) is 0 Å². The van der Waals surface area contributed by atoms with E-state index < -0.39 is 35.2 Å². The van der Waals surface area contributed by atoms with Gasteiger partial charge in [-0.25, -0.2) is 0 Å². The molecule has 4 N–H and O–H groups in total. The molecule has 0 aliphatic rings. The number of nitrogens with one attached hydrogen (secondary N) is 1. The summed E-state index contributed by atoms with van der Waals surface area (Å²) in [6.45, 7) is 5.85. The molecule has 0 saturated heterocycles. The van der Waals surface area contributed by atoms with Gasteiger partial charge in [0.2, 0.25) is 11.8 Å². The van der Waals surface area contributed by atoms with E-state index in [2.05, 4.69) is 5.32 Å². The van der Waals surface area contributed by atoms with E-state index in [1.54, 1.807) is 0 Å². The molecule has 0 aromatic rings. The zero-order valence-corrected chi connectivity index (χ0v) is 9.90. The largest absolute Gasteiger partial charge is 0.481 e. The predicted molar refractivity (Wildman–Crippen MR) is 57.4 cm³/mol. The summed E-state index contributed by atoms with van der Waals surface area (Å²) in [6.07, 6.45) is 0. The second-order valence-corrected chi connectivity index (χ2v) is 4.39. The van der Waals surface area contributed by atoms with Crippen molar-refractivity contribution in [2.45, 2.75) is 33.2 Å². The van der Waals surface area contributed by atoms with E-state index in [9.17, 15) is 14.4 Å². The molecule has 0 radical (unpaired) electrons. The Morgan fingerprint density at radius 2 is 1.62 bits per heavy atom. The summed E-state index contributed by atoms with van der Waals surface area (Å²) in [7, 11) is 0. The third-order valence-corrected chi connectivity index (χ3v) is 2.60. The lowest BCUT2D eigenvalue weighted by atomic mass is 9.93. The number of hydrogen-bond acceptors (Lipinski definition) is 3. The molecular weight excluding hydrogens is 212 g/mol. The highest BCUT2D eigenvalue weighted by molar-refractivity contribution is 5.91. The normalized spacial score (nSPS) is 15.0. The van der Waals surface area contributed by atoms with Crippen LogP contribution in [-0.4, -0.2) is 28.4 Å². The fourth-order valence-corrected chi connectivity index (χ4v) is 0.924. The van der Waals surface area contributed by atoms with Crippen LogP contribution in [0.3, 0.4) is 0 Å². The number of rotatable bonds is 5. The van der Waals surface area contributed by atoms with Crippen LogP contribution in [0.2, 0.25) is 0 Å². The van der Waals surface area contributed by atoms with E-state index in [1.165, 1.54) is 27.7 Å². The van der Waals surface area contributed by atoms with Crippen molar-refractivity contribution in [3.05, 3.63) is 0 Å². The molecule has 0 fully saturated rings. The summed E-state index contributed by atoms with van der Waals surface area (Å²) in [6, 6.07) is 0. The fraction of sp³-hybridized carbons (Fsp3) is 0.700. The fourth-order valence-electron chi connectivity index (χ4n) is 0.924. The molecule has 6 heteroatoms. The lowest BCUT2D eigenvalue weighted by Gasteiger charge is -2.25. The number of carbonyl (C=O) groups excluding carboxylic acids is 2. The molecule has 92 valence electrons. The van der Waals surface area contributed by atoms with Crippen molar-refractivity contribution in [2.24, 2.45) is 17.6 Å². The molecule has 2 unspecified atom stereocenters. The first-order valence-electron chi connectivity index (χ1n) is 4.94. The Balaban J connectivity index is 4.60. The Bertz CT molecular complexity index is 312. The summed E-state index contributed by atoms with van der Waals surface area (Å²) in [5.74, 6) is -3.77. The standard InChI is InChI=1S/C10H18N2O4/c1-5(6(2)8(14)15)7(13)12-10(3,4)9(11)16/h5-6H,1-4H3,(H2,11,16)(H,12,13)(H,14,15). The van der Waals surface area contributed by atoms with Crippen molar-refractivity contribution in [3.63, 3.8) is 0 Å². The van der Waals surface area contributed by atoms with Gasteiger partial charge < -0.3 is 16.2 Å². The molecule has 0 aromatic heterocycles. The number of carbonyl (C=O) groups is 3. The SMILES string of the molecule is CC(C(=O)O)C(C)C(=O)NC(C)(C)C(N)=O. The van der Waals surface area contributed by atoms with Crippen molar-refractivity contribution in [1.29, 1.82) is 0 Å². The van der Waals surface area contributed by atoms with Crippen molar-refractivity contribution < 1.29 is 19.5 Å². The predicted octanol–water partition coefficient (Wildman–Crippen LogP) is -0.277. The van der Waals surface area contributed by atoms with Crippen LogP contribution in [0.4, 0.5) is 0 Å². The maximum absolute atomic E-state index is 11.6. The van der Waals surface area contributed by atoms with E-state index in [1.807, 2.05) is 0 Å². The highest BCUT2D eigenvalue weighted by atomic mass is 16.4. The highest BCUT2D eigenvalue weighted by Gasteiger charge is 2.32. The van der Waals surface area contributed by atoms with Crippen LogP contribution in [0.5, 0.6) is 0 Å². The van der Waals surface area contributed by atoms with Crippen molar-refractivity contribution in [2.75, 3.05) is 0 Å². The van der Waals surface area contributed by atoms with E-state index in [0.29, 0.717) is 0 Å². The van der Waals surface area contributed by atoms with Gasteiger partial charge in [-0.2, -0.15) is 0 Å². The van der Waals surface area contributed by atoms with E-state index in [-0.39, 0.29) is 0 Å². The monoisotopic (exact) mass is 230 g/mol. The second kappa shape index (κ2) is 4.96. The average Bonchev–Trinajstić information content (AvgIpc) is 2.14. The first kappa shape index (κ1) is 14.4. The molecule has 0 aliphatic carbocycles. The Morgan fingerprint density at radius 1 is 1.19 bits per heavy atom. The maximum atomic E-state index is 11.6. The Morgan fingerprint density at radius 3 is 1.94 bits per heavy atom. The van der Waals surface area contributed by atoms with Gasteiger partial charge in [-0.05, 0) is 13.8 Å². The Labute approximate surface area is 94.2 Å². The number of hydrogen-bond donors (Lipinski definition) is 3. The molecule has 0 saturated carbocycles. The molecule has 0 rings (SSSR count). The summed E-state index contributed by atoms with van der Waals surface area (Å²) >= 11 is 0. The lowest BCUT2D eigenvalue weighted by Crippen LogP contribution is -2.55. The van der Waals surface area contributed by atoms with Gasteiger partial charge in [0.05, 0.1) is 5.92 Å². The molecule has 0 heterocycles. The van der Waals surface area contributed by atoms with Crippen LogP contribution in [0.1, 0.15) is 27.7 Å². The molecule has 2 atom stereocenters. The molecule has 0 spiro atoms. The molecule has 2 amide bonds. The van der Waals surface area contributed by atoms with Crippen LogP contribution < -0.4 is 11.1 Å². The lowest BCUT2D eigenvalue weighted by molar-refractivity contribution is -0.146. The first-order valence-corrected chi connectivity index (χ1v) is 4.94. The smallest absolute Gasteiger partial charge is 0.307 e. The molecular formula is C10H18N2O4. The highest BCUT2D eigenvalue weighted by Crippen LogP contribution is 2.13. The van der Waals surface area contributed by atoms with Crippen LogP contribution >= 0.6 is 0 Å². The number of aliphatic carboxylic acids is 1. The summed E-state index contributed by atoms with van der Waals surface area (Å²) in [5.41, 5.74) is 3.91. The summed E-state index contributed by atoms with van der Waals surface area (Å²) in [4.78, 5) is 33.3. The van der Waals surface area contributed by atoms with Crippen molar-refractivity contribution >= 4 is 17.8 Å². The van der Waals surface area contributed by atoms with Gasteiger partial charge in [0.15, 0.2) is 0 Å². The third kappa shape index (κ3) is 3.52. The Hall–Kier alpha value is -1.59. The molecule has 0 bridgehead atoms.